The molecule has 2 heterocycles. The summed E-state index contributed by atoms with van der Waals surface area (Å²) in [5.41, 5.74) is 4.59. The molecule has 0 amide bonds. The van der Waals surface area contributed by atoms with E-state index in [1.54, 1.807) is 0 Å². The molecule has 0 radical (unpaired) electrons. The highest BCUT2D eigenvalue weighted by atomic mass is 14.9. The van der Waals surface area contributed by atoms with E-state index >= 15 is 0 Å². The molecule has 17 heavy (non-hydrogen) atoms. The Morgan fingerprint density at radius 1 is 0.882 bits per heavy atom. The second-order valence-electron chi connectivity index (χ2n) is 4.68. The minimum Gasteiger partial charge on any atom is -0.233 e. The third-order valence-corrected chi connectivity index (χ3v) is 3.53. The fraction of sp³-hybridized carbons (Fsp3) is 0.200. The van der Waals surface area contributed by atoms with Crippen molar-refractivity contribution in [2.24, 2.45) is 0 Å². The largest absolute Gasteiger partial charge is 0.233 e. The van der Waals surface area contributed by atoms with Gasteiger partial charge in [-0.1, -0.05) is 18.2 Å². The molecule has 2 nitrogen and oxygen atoms in total. The number of aromatic nitrogens is 2. The van der Waals surface area contributed by atoms with Crippen molar-refractivity contribution in [3.63, 3.8) is 0 Å². The van der Waals surface area contributed by atoms with Crippen LogP contribution < -0.4 is 0 Å². The minimum absolute atomic E-state index is 0.893. The molecule has 0 atom stereocenters. The average molecular weight is 220 g/mol. The lowest BCUT2D eigenvalue weighted by molar-refractivity contribution is 0.900. The van der Waals surface area contributed by atoms with Crippen molar-refractivity contribution in [1.29, 1.82) is 0 Å². The monoisotopic (exact) mass is 220 g/mol. The fourth-order valence-electron chi connectivity index (χ4n) is 2.67. The Kier molecular flexibility index (Phi) is 1.75. The van der Waals surface area contributed by atoms with E-state index in [9.17, 15) is 0 Å². The lowest BCUT2D eigenvalue weighted by Crippen LogP contribution is -1.92. The normalized spacial score (nSPS) is 14.4. The molecule has 0 unspecified atom stereocenters. The number of hydrogen-bond donors (Lipinski definition) is 0. The van der Waals surface area contributed by atoms with Crippen LogP contribution in [0.15, 0.2) is 36.4 Å². The molecule has 82 valence electrons. The highest BCUT2D eigenvalue weighted by Gasteiger charge is 2.13. The number of nitrogens with zero attached hydrogens (tertiary/aromatic N) is 2. The van der Waals surface area contributed by atoms with Crippen LogP contribution in [-0.2, 0) is 12.8 Å². The van der Waals surface area contributed by atoms with E-state index in [1.165, 1.54) is 34.9 Å². The fourth-order valence-corrected chi connectivity index (χ4v) is 2.67. The summed E-state index contributed by atoms with van der Waals surface area (Å²) in [4.78, 5) is 9.34. The van der Waals surface area contributed by atoms with Crippen molar-refractivity contribution >= 4 is 21.9 Å². The second kappa shape index (κ2) is 3.27. The summed E-state index contributed by atoms with van der Waals surface area (Å²) in [6, 6.07) is 12.7. The first-order valence-electron chi connectivity index (χ1n) is 6.08. The average Bonchev–Trinajstić information content (AvgIpc) is 2.80. The summed E-state index contributed by atoms with van der Waals surface area (Å²) < 4.78 is 0. The van der Waals surface area contributed by atoms with Crippen molar-refractivity contribution < 1.29 is 0 Å². The Balaban J connectivity index is 2.12. The second-order valence-corrected chi connectivity index (χ2v) is 4.68. The molecule has 1 aliphatic rings. The van der Waals surface area contributed by atoms with Gasteiger partial charge in [-0.2, -0.15) is 0 Å². The Bertz CT molecular complexity index is 669. The van der Waals surface area contributed by atoms with Crippen LogP contribution in [0.2, 0.25) is 0 Å². The van der Waals surface area contributed by atoms with Gasteiger partial charge in [0.15, 0.2) is 5.65 Å². The number of rotatable bonds is 0. The summed E-state index contributed by atoms with van der Waals surface area (Å²) in [6.07, 6.45) is 3.52. The Morgan fingerprint density at radius 3 is 2.82 bits per heavy atom. The molecular weight excluding hydrogens is 208 g/mol. The third-order valence-electron chi connectivity index (χ3n) is 3.53. The number of fused-ring (bicyclic) bond motifs is 3. The Labute approximate surface area is 99.3 Å². The van der Waals surface area contributed by atoms with E-state index in [1.807, 2.05) is 12.1 Å². The van der Waals surface area contributed by atoms with Gasteiger partial charge in [0.05, 0.1) is 5.52 Å². The van der Waals surface area contributed by atoms with Crippen LogP contribution in [0.5, 0.6) is 0 Å². The highest BCUT2D eigenvalue weighted by molar-refractivity contribution is 5.91. The molecule has 0 spiro atoms. The lowest BCUT2D eigenvalue weighted by Gasteiger charge is -2.04. The maximum Gasteiger partial charge on any atom is 0.160 e. The zero-order valence-electron chi connectivity index (χ0n) is 9.48. The third kappa shape index (κ3) is 1.34. The molecule has 2 aromatic heterocycles. The van der Waals surface area contributed by atoms with Crippen molar-refractivity contribution in [2.75, 3.05) is 0 Å². The van der Waals surface area contributed by atoms with Crippen LogP contribution in [0.3, 0.4) is 0 Å². The predicted octanol–water partition coefficient (Wildman–Crippen LogP) is 3.27. The number of benzene rings is 1. The summed E-state index contributed by atoms with van der Waals surface area (Å²) in [5, 5.41) is 2.36. The molecule has 0 saturated carbocycles. The molecule has 0 aliphatic heterocycles. The van der Waals surface area contributed by atoms with Gasteiger partial charge in [0.25, 0.3) is 0 Å². The summed E-state index contributed by atoms with van der Waals surface area (Å²) in [5.74, 6) is 0. The summed E-state index contributed by atoms with van der Waals surface area (Å²) >= 11 is 0. The van der Waals surface area contributed by atoms with E-state index in [0.29, 0.717) is 0 Å². The number of para-hydroxylation sites is 1. The van der Waals surface area contributed by atoms with E-state index in [0.717, 1.165) is 17.6 Å². The van der Waals surface area contributed by atoms with Gasteiger partial charge in [-0.05, 0) is 43.0 Å². The molecular formula is C15H12N2. The SMILES string of the molecule is c1ccc2nc3nc4c(cc3cc2c1)CCC4. The zero-order chi connectivity index (χ0) is 11.2. The first kappa shape index (κ1) is 9.11. The van der Waals surface area contributed by atoms with Gasteiger partial charge in [0, 0.05) is 16.5 Å². The van der Waals surface area contributed by atoms with Gasteiger partial charge >= 0.3 is 0 Å². The van der Waals surface area contributed by atoms with Gasteiger partial charge in [-0.15, -0.1) is 0 Å². The lowest BCUT2D eigenvalue weighted by atomic mass is 10.1. The van der Waals surface area contributed by atoms with E-state index < -0.39 is 0 Å². The van der Waals surface area contributed by atoms with E-state index in [2.05, 4.69) is 29.2 Å². The van der Waals surface area contributed by atoms with Gasteiger partial charge < -0.3 is 0 Å². The summed E-state index contributed by atoms with van der Waals surface area (Å²) in [6.45, 7) is 0. The minimum atomic E-state index is 0.893. The number of pyridine rings is 2. The van der Waals surface area contributed by atoms with Crippen molar-refractivity contribution in [3.8, 4) is 0 Å². The van der Waals surface area contributed by atoms with Crippen molar-refractivity contribution in [1.82, 2.24) is 9.97 Å². The van der Waals surface area contributed by atoms with Crippen LogP contribution in [0, 0.1) is 0 Å². The smallest absolute Gasteiger partial charge is 0.160 e. The van der Waals surface area contributed by atoms with Gasteiger partial charge in [0.2, 0.25) is 0 Å². The van der Waals surface area contributed by atoms with Crippen LogP contribution in [0.25, 0.3) is 21.9 Å². The number of aryl methyl sites for hydroxylation is 2. The van der Waals surface area contributed by atoms with Crippen LogP contribution in [0.4, 0.5) is 0 Å². The quantitative estimate of drug-likeness (QED) is 0.543. The first-order valence-corrected chi connectivity index (χ1v) is 6.08. The van der Waals surface area contributed by atoms with E-state index in [4.69, 9.17) is 4.98 Å². The maximum atomic E-state index is 4.69. The molecule has 2 heteroatoms. The Morgan fingerprint density at radius 2 is 1.82 bits per heavy atom. The standard InChI is InChI=1S/C15H12N2/c1-2-6-13-10(4-1)8-12-9-11-5-3-7-14(11)17-15(12)16-13/h1-2,4,6,8-9H,3,5,7H2. The number of hydrogen-bond acceptors (Lipinski definition) is 2. The highest BCUT2D eigenvalue weighted by Crippen LogP contribution is 2.25. The van der Waals surface area contributed by atoms with Crippen LogP contribution >= 0.6 is 0 Å². The van der Waals surface area contributed by atoms with Crippen molar-refractivity contribution in [2.45, 2.75) is 19.3 Å². The zero-order valence-corrected chi connectivity index (χ0v) is 9.48. The molecule has 0 fully saturated rings. The molecule has 3 aromatic rings. The van der Waals surface area contributed by atoms with Crippen LogP contribution in [-0.4, -0.2) is 9.97 Å². The van der Waals surface area contributed by atoms with Crippen LogP contribution in [0.1, 0.15) is 17.7 Å². The molecule has 4 rings (SSSR count). The van der Waals surface area contributed by atoms with Crippen molar-refractivity contribution in [3.05, 3.63) is 47.7 Å². The molecule has 0 bridgehead atoms. The first-order chi connectivity index (χ1) is 8.40. The van der Waals surface area contributed by atoms with Gasteiger partial charge in [-0.25, -0.2) is 9.97 Å². The molecule has 1 aromatic carbocycles. The molecule has 0 saturated heterocycles. The van der Waals surface area contributed by atoms with Gasteiger partial charge in [0.1, 0.15) is 0 Å². The van der Waals surface area contributed by atoms with E-state index in [-0.39, 0.29) is 0 Å². The molecule has 0 N–H and O–H groups in total. The van der Waals surface area contributed by atoms with Gasteiger partial charge in [-0.3, -0.25) is 0 Å². The molecule has 1 aliphatic carbocycles. The summed E-state index contributed by atoms with van der Waals surface area (Å²) in [7, 11) is 0. The predicted molar refractivity (Wildman–Crippen MR) is 69.1 cm³/mol. The maximum absolute atomic E-state index is 4.69. The topological polar surface area (TPSA) is 25.8 Å². The Hall–Kier alpha value is -1.96.